The zero-order valence-electron chi connectivity index (χ0n) is 13.9. The van der Waals surface area contributed by atoms with Gasteiger partial charge in [0.2, 0.25) is 0 Å². The second-order valence-corrected chi connectivity index (χ2v) is 8.82. The van der Waals surface area contributed by atoms with Gasteiger partial charge in [-0.15, -0.1) is 0 Å². The van der Waals surface area contributed by atoms with Crippen LogP contribution in [0.25, 0.3) is 0 Å². The molecule has 1 heterocycles. The van der Waals surface area contributed by atoms with Crippen LogP contribution in [-0.4, -0.2) is 29.8 Å². The van der Waals surface area contributed by atoms with E-state index in [1.807, 2.05) is 0 Å². The topological polar surface area (TPSA) is 60.9 Å². The van der Waals surface area contributed by atoms with Gasteiger partial charge in [-0.3, -0.25) is 14.0 Å². The van der Waals surface area contributed by atoms with Crippen molar-refractivity contribution >= 4 is 19.0 Å². The van der Waals surface area contributed by atoms with Gasteiger partial charge in [0.1, 0.15) is 0 Å². The first-order valence-electron chi connectivity index (χ1n) is 7.65. The molecule has 1 N–H and O–H groups in total. The SMILES string of the molecule is CN1C(=O)c2ccccc2N(C)P1(=O)C(O)c1cccc(C(F)(F)F)c1. The molecule has 26 heavy (non-hydrogen) atoms. The molecule has 2 unspecified atom stereocenters. The van der Waals surface area contributed by atoms with Crippen molar-refractivity contribution in [1.82, 2.24) is 4.67 Å². The molecule has 0 spiro atoms. The van der Waals surface area contributed by atoms with Crippen molar-refractivity contribution in [3.05, 3.63) is 65.2 Å². The molecule has 0 aromatic heterocycles. The fourth-order valence-corrected chi connectivity index (χ4v) is 5.45. The Labute approximate surface area is 148 Å². The number of aliphatic hydroxyl groups excluding tert-OH is 1. The molecule has 0 bridgehead atoms. The summed E-state index contributed by atoms with van der Waals surface area (Å²) in [5.41, 5.74) is -0.478. The molecule has 0 aliphatic carbocycles. The lowest BCUT2D eigenvalue weighted by molar-refractivity contribution is -0.137. The van der Waals surface area contributed by atoms with E-state index in [0.29, 0.717) is 11.3 Å². The number of nitrogens with zero attached hydrogens (tertiary/aromatic N) is 2. The van der Waals surface area contributed by atoms with Crippen molar-refractivity contribution in [2.45, 2.75) is 12.0 Å². The number of fused-ring (bicyclic) bond motifs is 1. The Hall–Kier alpha value is -2.31. The number of hydrogen-bond acceptors (Lipinski definition) is 3. The second-order valence-electron chi connectivity index (χ2n) is 5.96. The molecule has 0 fully saturated rings. The predicted octanol–water partition coefficient (Wildman–Crippen LogP) is 4.11. The van der Waals surface area contributed by atoms with E-state index < -0.39 is 30.9 Å². The number of anilines is 1. The van der Waals surface area contributed by atoms with Crippen LogP contribution in [0.2, 0.25) is 0 Å². The average molecular weight is 384 g/mol. The summed E-state index contributed by atoms with van der Waals surface area (Å²) < 4.78 is 54.7. The van der Waals surface area contributed by atoms with Gasteiger partial charge in [-0.2, -0.15) is 13.2 Å². The van der Waals surface area contributed by atoms with Gasteiger partial charge in [0.25, 0.3) is 13.4 Å². The number of alkyl halides is 3. The quantitative estimate of drug-likeness (QED) is 0.792. The van der Waals surface area contributed by atoms with E-state index in [0.717, 1.165) is 22.9 Å². The smallest absolute Gasteiger partial charge is 0.377 e. The molecule has 1 aliphatic heterocycles. The Morgan fingerprint density at radius 3 is 2.35 bits per heavy atom. The van der Waals surface area contributed by atoms with Crippen LogP contribution in [0.15, 0.2) is 48.5 Å². The summed E-state index contributed by atoms with van der Waals surface area (Å²) in [6.07, 6.45) is -4.60. The Balaban J connectivity index is 2.11. The molecule has 1 aliphatic rings. The Kier molecular flexibility index (Phi) is 4.37. The van der Waals surface area contributed by atoms with E-state index >= 15 is 0 Å². The number of carbonyl (C=O) groups excluding carboxylic acids is 1. The minimum Gasteiger partial charge on any atom is -0.377 e. The number of carbonyl (C=O) groups is 1. The lowest BCUT2D eigenvalue weighted by Crippen LogP contribution is -2.39. The van der Waals surface area contributed by atoms with Gasteiger partial charge < -0.3 is 9.78 Å². The highest BCUT2D eigenvalue weighted by atomic mass is 31.2. The third-order valence-corrected chi connectivity index (χ3v) is 7.52. The van der Waals surface area contributed by atoms with E-state index in [-0.39, 0.29) is 5.56 Å². The summed E-state index contributed by atoms with van der Waals surface area (Å²) in [6, 6.07) is 10.4. The summed E-state index contributed by atoms with van der Waals surface area (Å²) >= 11 is 0. The minimum atomic E-state index is -4.60. The lowest BCUT2D eigenvalue weighted by Gasteiger charge is -2.43. The maximum absolute atomic E-state index is 13.6. The van der Waals surface area contributed by atoms with Gasteiger partial charge in [-0.05, 0) is 29.8 Å². The summed E-state index contributed by atoms with van der Waals surface area (Å²) in [6.45, 7) is 0. The highest BCUT2D eigenvalue weighted by molar-refractivity contribution is 7.64. The molecule has 9 heteroatoms. The van der Waals surface area contributed by atoms with Crippen LogP contribution in [-0.2, 0) is 10.7 Å². The Bertz CT molecular complexity index is 916. The Morgan fingerprint density at radius 1 is 1.04 bits per heavy atom. The van der Waals surface area contributed by atoms with Gasteiger partial charge in [0, 0.05) is 14.1 Å². The first-order valence-corrected chi connectivity index (χ1v) is 9.33. The molecule has 5 nitrogen and oxygen atoms in total. The number of para-hydroxylation sites is 1. The van der Waals surface area contributed by atoms with Crippen LogP contribution in [0.4, 0.5) is 18.9 Å². The van der Waals surface area contributed by atoms with Crippen LogP contribution >= 0.6 is 7.44 Å². The molecule has 1 amide bonds. The zero-order chi connectivity index (χ0) is 19.3. The number of aliphatic hydroxyl groups is 1. The van der Waals surface area contributed by atoms with Crippen molar-refractivity contribution in [2.24, 2.45) is 0 Å². The molecule has 0 saturated heterocycles. The predicted molar refractivity (Wildman–Crippen MR) is 90.9 cm³/mol. The number of benzene rings is 2. The van der Waals surface area contributed by atoms with Crippen molar-refractivity contribution in [3.8, 4) is 0 Å². The number of amides is 1. The fourth-order valence-electron chi connectivity index (χ4n) is 2.99. The van der Waals surface area contributed by atoms with E-state index in [2.05, 4.69) is 0 Å². The molecule has 2 atom stereocenters. The summed E-state index contributed by atoms with van der Waals surface area (Å²) in [7, 11) is -1.25. The number of halogens is 3. The van der Waals surface area contributed by atoms with E-state index in [4.69, 9.17) is 0 Å². The zero-order valence-corrected chi connectivity index (χ0v) is 14.8. The Morgan fingerprint density at radius 2 is 1.69 bits per heavy atom. The third kappa shape index (κ3) is 2.70. The normalized spacial score (nSPS) is 21.5. The van der Waals surface area contributed by atoms with E-state index in [9.17, 15) is 27.6 Å². The molecule has 3 rings (SSSR count). The molecule has 0 radical (unpaired) electrons. The molecular weight excluding hydrogens is 368 g/mol. The molecule has 138 valence electrons. The molecule has 0 saturated carbocycles. The van der Waals surface area contributed by atoms with Gasteiger partial charge >= 0.3 is 6.18 Å². The second kappa shape index (κ2) is 6.14. The standard InChI is InChI=1S/C17H16F3N2O3P/c1-21-14-9-4-3-8-13(14)15(23)22(2)26(21,25)16(24)11-6-5-7-12(10-11)17(18,19)20/h3-10,16,24H,1-2H3. The monoisotopic (exact) mass is 384 g/mol. The summed E-state index contributed by atoms with van der Waals surface area (Å²) in [4.78, 5) is 12.6. The van der Waals surface area contributed by atoms with Crippen LogP contribution < -0.4 is 4.67 Å². The summed E-state index contributed by atoms with van der Waals surface area (Å²) in [5.74, 6) is -2.36. The highest BCUT2D eigenvalue weighted by Crippen LogP contribution is 2.66. The van der Waals surface area contributed by atoms with Crippen LogP contribution in [0.5, 0.6) is 0 Å². The number of rotatable bonds is 2. The van der Waals surface area contributed by atoms with E-state index in [1.165, 1.54) is 24.8 Å². The third-order valence-electron chi connectivity index (χ3n) is 4.47. The van der Waals surface area contributed by atoms with Crippen molar-refractivity contribution in [3.63, 3.8) is 0 Å². The minimum absolute atomic E-state index is 0.172. The maximum atomic E-state index is 13.6. The van der Waals surface area contributed by atoms with Crippen LogP contribution in [0, 0.1) is 0 Å². The van der Waals surface area contributed by atoms with Gasteiger partial charge in [-0.25, -0.2) is 0 Å². The van der Waals surface area contributed by atoms with Crippen molar-refractivity contribution in [1.29, 1.82) is 0 Å². The average Bonchev–Trinajstić information content (AvgIpc) is 2.63. The molecular formula is C17H16F3N2O3P. The van der Waals surface area contributed by atoms with Crippen LogP contribution in [0.3, 0.4) is 0 Å². The van der Waals surface area contributed by atoms with Crippen molar-refractivity contribution < 1.29 is 27.6 Å². The lowest BCUT2D eigenvalue weighted by atomic mass is 10.1. The largest absolute Gasteiger partial charge is 0.416 e. The first kappa shape index (κ1) is 18.5. The first-order chi connectivity index (χ1) is 12.1. The van der Waals surface area contributed by atoms with Crippen molar-refractivity contribution in [2.75, 3.05) is 18.8 Å². The van der Waals surface area contributed by atoms with Gasteiger partial charge in [0.05, 0.1) is 16.8 Å². The van der Waals surface area contributed by atoms with Gasteiger partial charge in [0.15, 0.2) is 5.85 Å². The van der Waals surface area contributed by atoms with E-state index in [1.54, 1.807) is 24.3 Å². The maximum Gasteiger partial charge on any atom is 0.416 e. The number of hydrogen-bond donors (Lipinski definition) is 1. The molecule has 2 aromatic carbocycles. The molecule has 2 aromatic rings. The fraction of sp³-hybridized carbons (Fsp3) is 0.235. The highest BCUT2D eigenvalue weighted by Gasteiger charge is 2.48. The summed E-state index contributed by atoms with van der Waals surface area (Å²) in [5, 5.41) is 10.7. The van der Waals surface area contributed by atoms with Gasteiger partial charge in [-0.1, -0.05) is 24.3 Å². The van der Waals surface area contributed by atoms with Crippen LogP contribution in [0.1, 0.15) is 27.3 Å².